The molecule has 0 aliphatic rings. The minimum absolute atomic E-state index is 0.217. The molecule has 3 rings (SSSR count). The van der Waals surface area contributed by atoms with Crippen molar-refractivity contribution in [3.8, 4) is 5.69 Å². The summed E-state index contributed by atoms with van der Waals surface area (Å²) in [6, 6.07) is 15.8. The van der Waals surface area contributed by atoms with Gasteiger partial charge in [0.05, 0.1) is 17.3 Å². The fourth-order valence-corrected chi connectivity index (χ4v) is 3.19. The first-order valence-corrected chi connectivity index (χ1v) is 10.7. The second-order valence-corrected chi connectivity index (χ2v) is 9.21. The predicted molar refractivity (Wildman–Crippen MR) is 127 cm³/mol. The number of aliphatic carboxylic acids is 1. The maximum Gasteiger partial charge on any atom is 0.324 e. The molecule has 0 saturated heterocycles. The van der Waals surface area contributed by atoms with Crippen LogP contribution in [-0.4, -0.2) is 26.9 Å². The van der Waals surface area contributed by atoms with E-state index in [1.165, 1.54) is 0 Å². The van der Waals surface area contributed by atoms with E-state index >= 15 is 0 Å². The summed E-state index contributed by atoms with van der Waals surface area (Å²) in [5.41, 5.74) is 2.90. The molecule has 8 heteroatoms. The van der Waals surface area contributed by atoms with Crippen molar-refractivity contribution in [3.63, 3.8) is 0 Å². The van der Waals surface area contributed by atoms with Crippen LogP contribution in [0.15, 0.2) is 54.6 Å². The third kappa shape index (κ3) is 5.88. The SMILES string of the molecule is CC(Cc1ccc(-n2nc(C(C)(C)C)cc2NC(=O)Nc2ccc(Cl)cc2)cc1)C(=O)O. The van der Waals surface area contributed by atoms with Crippen LogP contribution in [0, 0.1) is 5.92 Å². The van der Waals surface area contributed by atoms with Gasteiger partial charge in [-0.25, -0.2) is 9.48 Å². The van der Waals surface area contributed by atoms with Crippen molar-refractivity contribution in [2.24, 2.45) is 5.92 Å². The Balaban J connectivity index is 1.85. The smallest absolute Gasteiger partial charge is 0.324 e. The van der Waals surface area contributed by atoms with Crippen molar-refractivity contribution in [1.82, 2.24) is 9.78 Å². The lowest BCUT2D eigenvalue weighted by Crippen LogP contribution is -2.21. The lowest BCUT2D eigenvalue weighted by atomic mass is 9.92. The number of aromatic nitrogens is 2. The summed E-state index contributed by atoms with van der Waals surface area (Å²) in [4.78, 5) is 23.7. The molecule has 3 N–H and O–H groups in total. The van der Waals surface area contributed by atoms with Crippen molar-refractivity contribution in [3.05, 3.63) is 70.9 Å². The van der Waals surface area contributed by atoms with Crippen LogP contribution in [0.5, 0.6) is 0 Å². The molecule has 0 bridgehead atoms. The molecule has 0 aliphatic heterocycles. The fraction of sp³-hybridized carbons (Fsp3) is 0.292. The summed E-state index contributed by atoms with van der Waals surface area (Å²) in [6.45, 7) is 7.83. The lowest BCUT2D eigenvalue weighted by molar-refractivity contribution is -0.141. The van der Waals surface area contributed by atoms with Gasteiger partial charge in [-0.1, -0.05) is 51.4 Å². The molecule has 168 valence electrons. The molecule has 7 nitrogen and oxygen atoms in total. The number of carboxylic acid groups (broad SMARTS) is 1. The van der Waals surface area contributed by atoms with E-state index in [9.17, 15) is 9.59 Å². The van der Waals surface area contributed by atoms with Crippen molar-refractivity contribution in [1.29, 1.82) is 0 Å². The first-order chi connectivity index (χ1) is 15.0. The number of halogens is 1. The molecular weight excluding hydrogens is 428 g/mol. The van der Waals surface area contributed by atoms with Crippen LogP contribution in [0.1, 0.15) is 39.0 Å². The van der Waals surface area contributed by atoms with Gasteiger partial charge in [0.25, 0.3) is 0 Å². The number of amides is 2. The zero-order valence-electron chi connectivity index (χ0n) is 18.5. The lowest BCUT2D eigenvalue weighted by Gasteiger charge is -2.14. The zero-order chi connectivity index (χ0) is 23.5. The van der Waals surface area contributed by atoms with E-state index in [4.69, 9.17) is 21.8 Å². The van der Waals surface area contributed by atoms with Crippen LogP contribution in [0.2, 0.25) is 5.02 Å². The Morgan fingerprint density at radius 2 is 1.69 bits per heavy atom. The van der Waals surface area contributed by atoms with E-state index in [1.807, 2.05) is 51.1 Å². The molecule has 2 amide bonds. The van der Waals surface area contributed by atoms with Crippen molar-refractivity contribution < 1.29 is 14.7 Å². The van der Waals surface area contributed by atoms with Gasteiger partial charge < -0.3 is 10.4 Å². The molecule has 1 heterocycles. The Labute approximate surface area is 192 Å². The quantitative estimate of drug-likeness (QED) is 0.443. The average molecular weight is 455 g/mol. The van der Waals surface area contributed by atoms with Crippen LogP contribution in [0.4, 0.5) is 16.3 Å². The molecule has 1 unspecified atom stereocenters. The Bertz CT molecular complexity index is 1100. The maximum absolute atomic E-state index is 12.6. The molecule has 3 aromatic rings. The van der Waals surface area contributed by atoms with Crippen LogP contribution >= 0.6 is 11.6 Å². The fourth-order valence-electron chi connectivity index (χ4n) is 3.06. The first kappa shape index (κ1) is 23.3. The zero-order valence-corrected chi connectivity index (χ0v) is 19.3. The van der Waals surface area contributed by atoms with Gasteiger partial charge in [-0.3, -0.25) is 10.1 Å². The van der Waals surface area contributed by atoms with E-state index < -0.39 is 17.9 Å². The summed E-state index contributed by atoms with van der Waals surface area (Å²) >= 11 is 5.90. The topological polar surface area (TPSA) is 96.3 Å². The predicted octanol–water partition coefficient (Wildman–Crippen LogP) is 5.73. The average Bonchev–Trinajstić information content (AvgIpc) is 3.14. The number of rotatable bonds is 6. The molecule has 0 radical (unpaired) electrons. The molecule has 2 aromatic carbocycles. The largest absolute Gasteiger partial charge is 0.481 e. The van der Waals surface area contributed by atoms with E-state index in [1.54, 1.807) is 35.9 Å². The first-order valence-electron chi connectivity index (χ1n) is 10.3. The number of hydrogen-bond donors (Lipinski definition) is 3. The summed E-state index contributed by atoms with van der Waals surface area (Å²) in [5, 5.41) is 20.1. The molecule has 1 atom stereocenters. The number of carbonyl (C=O) groups is 2. The standard InChI is InChI=1S/C24H27ClN4O3/c1-15(22(30)31)13-16-5-11-19(12-6-16)29-21(14-20(28-29)24(2,3)4)27-23(32)26-18-9-7-17(25)8-10-18/h5-12,14-15H,13H2,1-4H3,(H,30,31)(H2,26,27,32). The van der Waals surface area contributed by atoms with Gasteiger partial charge in [-0.05, 0) is 48.4 Å². The molecule has 0 saturated carbocycles. The molecular formula is C24H27ClN4O3. The van der Waals surface area contributed by atoms with E-state index in [-0.39, 0.29) is 5.41 Å². The summed E-state index contributed by atoms with van der Waals surface area (Å²) in [7, 11) is 0. The van der Waals surface area contributed by atoms with E-state index in [0.717, 1.165) is 16.9 Å². The molecule has 0 fully saturated rings. The Morgan fingerprint density at radius 3 is 2.25 bits per heavy atom. The number of nitrogens with one attached hydrogen (secondary N) is 2. The van der Waals surface area contributed by atoms with Crippen LogP contribution in [0.3, 0.4) is 0 Å². The monoisotopic (exact) mass is 454 g/mol. The third-order valence-electron chi connectivity index (χ3n) is 4.97. The Kier molecular flexibility index (Phi) is 6.89. The van der Waals surface area contributed by atoms with Crippen LogP contribution in [-0.2, 0) is 16.6 Å². The van der Waals surface area contributed by atoms with Crippen molar-refractivity contribution in [2.45, 2.75) is 39.5 Å². The number of carboxylic acids is 1. The normalized spacial score (nSPS) is 12.3. The molecule has 32 heavy (non-hydrogen) atoms. The molecule has 0 aliphatic carbocycles. The number of anilines is 2. The second-order valence-electron chi connectivity index (χ2n) is 8.77. The van der Waals surface area contributed by atoms with Gasteiger partial charge in [0, 0.05) is 22.2 Å². The molecule has 0 spiro atoms. The number of hydrogen-bond acceptors (Lipinski definition) is 3. The highest BCUT2D eigenvalue weighted by Crippen LogP contribution is 2.27. The number of urea groups is 1. The minimum atomic E-state index is -0.825. The van der Waals surface area contributed by atoms with Gasteiger partial charge in [0.1, 0.15) is 5.82 Å². The van der Waals surface area contributed by atoms with E-state index in [2.05, 4.69) is 10.6 Å². The highest BCUT2D eigenvalue weighted by atomic mass is 35.5. The Hall–Kier alpha value is -3.32. The van der Waals surface area contributed by atoms with Gasteiger partial charge >= 0.3 is 12.0 Å². The van der Waals surface area contributed by atoms with Gasteiger partial charge in [-0.15, -0.1) is 0 Å². The van der Waals surface area contributed by atoms with Crippen LogP contribution in [0.25, 0.3) is 5.69 Å². The van der Waals surface area contributed by atoms with Gasteiger partial charge in [-0.2, -0.15) is 5.10 Å². The Morgan fingerprint density at radius 1 is 1.06 bits per heavy atom. The summed E-state index contributed by atoms with van der Waals surface area (Å²) in [6.07, 6.45) is 0.441. The van der Waals surface area contributed by atoms with E-state index in [0.29, 0.717) is 22.9 Å². The van der Waals surface area contributed by atoms with Crippen molar-refractivity contribution >= 4 is 35.1 Å². The number of carbonyl (C=O) groups excluding carboxylic acids is 1. The van der Waals surface area contributed by atoms with Gasteiger partial charge in [0.2, 0.25) is 0 Å². The van der Waals surface area contributed by atoms with Gasteiger partial charge in [0.15, 0.2) is 0 Å². The molecule has 1 aromatic heterocycles. The summed E-state index contributed by atoms with van der Waals surface area (Å²) in [5.74, 6) is -0.769. The maximum atomic E-state index is 12.6. The van der Waals surface area contributed by atoms with Crippen LogP contribution < -0.4 is 10.6 Å². The third-order valence-corrected chi connectivity index (χ3v) is 5.22. The highest BCUT2D eigenvalue weighted by molar-refractivity contribution is 6.30. The second kappa shape index (κ2) is 9.44. The summed E-state index contributed by atoms with van der Waals surface area (Å²) < 4.78 is 1.67. The number of nitrogens with zero attached hydrogens (tertiary/aromatic N) is 2. The van der Waals surface area contributed by atoms with Crippen molar-refractivity contribution in [2.75, 3.05) is 10.6 Å². The number of benzene rings is 2. The minimum Gasteiger partial charge on any atom is -0.481 e. The highest BCUT2D eigenvalue weighted by Gasteiger charge is 2.22.